The minimum atomic E-state index is -4.64. The SMILES string of the molecule is CCCCCCCCCCCCOCCCCCCCCCCCC.O=P(O)(O)O.[H-].[K+]. The first-order valence-electron chi connectivity index (χ1n) is 12.8. The van der Waals surface area contributed by atoms with E-state index in [0.29, 0.717) is 0 Å². The van der Waals surface area contributed by atoms with E-state index in [1.807, 2.05) is 0 Å². The average Bonchev–Trinajstić information content (AvgIpc) is 2.68. The van der Waals surface area contributed by atoms with Gasteiger partial charge >= 0.3 is 59.2 Å². The van der Waals surface area contributed by atoms with E-state index in [1.165, 1.54) is 128 Å². The van der Waals surface area contributed by atoms with Gasteiger partial charge in [-0.15, -0.1) is 0 Å². The molecule has 0 aromatic carbocycles. The third kappa shape index (κ3) is 49.8. The van der Waals surface area contributed by atoms with Gasteiger partial charge in [-0.25, -0.2) is 4.57 Å². The Bertz CT molecular complexity index is 329. The van der Waals surface area contributed by atoms with Crippen molar-refractivity contribution in [3.05, 3.63) is 0 Å². The normalized spacial score (nSPS) is 11.0. The molecule has 7 heteroatoms. The van der Waals surface area contributed by atoms with Crippen LogP contribution in [-0.2, 0) is 9.30 Å². The summed E-state index contributed by atoms with van der Waals surface area (Å²) in [4.78, 5) is 21.6. The van der Waals surface area contributed by atoms with Crippen LogP contribution in [0.5, 0.6) is 0 Å². The number of ether oxygens (including phenoxy) is 1. The quantitative estimate of drug-likeness (QED) is 0.112. The van der Waals surface area contributed by atoms with Crippen LogP contribution in [0, 0.1) is 0 Å². The third-order valence-corrected chi connectivity index (χ3v) is 5.28. The standard InChI is InChI=1S/C24H50O.K.H3O4P.H/c1-3-5-7-9-11-13-15-17-19-21-23-25-24-22-20-18-16-14-12-10-8-6-4-2;;1-5(2,3)4;/h3-24H2,1-2H3;;(H3,1,2,3,4);/q;+1;;-1. The maximum atomic E-state index is 8.88. The van der Waals surface area contributed by atoms with Crippen molar-refractivity contribution in [2.75, 3.05) is 13.2 Å². The van der Waals surface area contributed by atoms with Crippen molar-refractivity contribution in [1.82, 2.24) is 0 Å². The van der Waals surface area contributed by atoms with E-state index in [-0.39, 0.29) is 52.8 Å². The Hall–Kier alpha value is 1.71. The van der Waals surface area contributed by atoms with Gasteiger partial charge in [0.15, 0.2) is 0 Å². The van der Waals surface area contributed by atoms with Crippen LogP contribution in [0.25, 0.3) is 0 Å². The van der Waals surface area contributed by atoms with E-state index >= 15 is 0 Å². The molecular formula is C24H54KO5P. The van der Waals surface area contributed by atoms with Crippen molar-refractivity contribution in [2.24, 2.45) is 0 Å². The Kier molecular flexibility index (Phi) is 38.1. The minimum absolute atomic E-state index is 0. The van der Waals surface area contributed by atoms with Gasteiger partial charge in [-0.3, -0.25) is 0 Å². The van der Waals surface area contributed by atoms with Crippen molar-refractivity contribution in [2.45, 2.75) is 142 Å². The minimum Gasteiger partial charge on any atom is -1.00 e. The molecule has 3 N–H and O–H groups in total. The van der Waals surface area contributed by atoms with Crippen LogP contribution >= 0.6 is 7.82 Å². The van der Waals surface area contributed by atoms with Gasteiger partial charge < -0.3 is 20.8 Å². The second kappa shape index (κ2) is 31.7. The molecule has 0 atom stereocenters. The number of hydrogen-bond donors (Lipinski definition) is 3. The fraction of sp³-hybridized carbons (Fsp3) is 1.00. The van der Waals surface area contributed by atoms with Gasteiger partial charge in [-0.1, -0.05) is 129 Å². The number of rotatable bonds is 22. The van der Waals surface area contributed by atoms with Crippen molar-refractivity contribution in [3.63, 3.8) is 0 Å². The van der Waals surface area contributed by atoms with E-state index in [2.05, 4.69) is 13.8 Å². The van der Waals surface area contributed by atoms with Crippen molar-refractivity contribution < 1.29 is 76.8 Å². The van der Waals surface area contributed by atoms with Crippen LogP contribution in [0.4, 0.5) is 0 Å². The Morgan fingerprint density at radius 3 is 0.935 bits per heavy atom. The first-order valence-corrected chi connectivity index (χ1v) is 14.3. The zero-order valence-electron chi connectivity index (χ0n) is 22.2. The maximum absolute atomic E-state index is 8.88. The molecule has 0 aliphatic carbocycles. The first kappa shape index (κ1) is 37.3. The van der Waals surface area contributed by atoms with Crippen LogP contribution in [-0.4, -0.2) is 27.9 Å². The predicted octanol–water partition coefficient (Wildman–Crippen LogP) is 5.03. The maximum Gasteiger partial charge on any atom is 1.00 e. The van der Waals surface area contributed by atoms with Crippen molar-refractivity contribution >= 4 is 7.82 Å². The molecule has 0 fully saturated rings. The molecule has 0 rings (SSSR count). The summed E-state index contributed by atoms with van der Waals surface area (Å²) < 4.78 is 14.7. The van der Waals surface area contributed by atoms with Gasteiger partial charge in [0.1, 0.15) is 0 Å². The van der Waals surface area contributed by atoms with Crippen LogP contribution in [0.2, 0.25) is 0 Å². The molecule has 31 heavy (non-hydrogen) atoms. The summed E-state index contributed by atoms with van der Waals surface area (Å²) in [5.41, 5.74) is 0. The third-order valence-electron chi connectivity index (χ3n) is 5.28. The monoisotopic (exact) mass is 492 g/mol. The summed E-state index contributed by atoms with van der Waals surface area (Å²) >= 11 is 0. The summed E-state index contributed by atoms with van der Waals surface area (Å²) in [6.07, 6.45) is 28.2. The summed E-state index contributed by atoms with van der Waals surface area (Å²) in [5.74, 6) is 0. The van der Waals surface area contributed by atoms with Gasteiger partial charge in [0, 0.05) is 13.2 Å². The molecule has 0 aromatic heterocycles. The molecule has 0 aliphatic rings. The molecule has 0 saturated heterocycles. The first-order chi connectivity index (χ1) is 14.4. The van der Waals surface area contributed by atoms with Gasteiger partial charge in [-0.05, 0) is 12.8 Å². The number of hydrogen-bond acceptors (Lipinski definition) is 2. The second-order valence-corrected chi connectivity index (χ2v) is 9.52. The van der Waals surface area contributed by atoms with Crippen molar-refractivity contribution in [3.8, 4) is 0 Å². The second-order valence-electron chi connectivity index (χ2n) is 8.49. The van der Waals surface area contributed by atoms with Gasteiger partial charge in [0.05, 0.1) is 0 Å². The number of unbranched alkanes of at least 4 members (excludes halogenated alkanes) is 18. The smallest absolute Gasteiger partial charge is 1.00 e. The Labute approximate surface area is 238 Å². The fourth-order valence-electron chi connectivity index (χ4n) is 3.49. The molecule has 0 radical (unpaired) electrons. The van der Waals surface area contributed by atoms with Crippen LogP contribution < -0.4 is 51.4 Å². The molecule has 5 nitrogen and oxygen atoms in total. The van der Waals surface area contributed by atoms with Gasteiger partial charge in [-0.2, -0.15) is 0 Å². The molecule has 186 valence electrons. The topological polar surface area (TPSA) is 87.0 Å². The molecule has 0 saturated carbocycles. The summed E-state index contributed by atoms with van der Waals surface area (Å²) in [6, 6.07) is 0. The molecule has 0 unspecified atom stereocenters. The zero-order valence-corrected chi connectivity index (χ0v) is 25.2. The average molecular weight is 493 g/mol. The van der Waals surface area contributed by atoms with E-state index < -0.39 is 7.82 Å². The summed E-state index contributed by atoms with van der Waals surface area (Å²) in [6.45, 7) is 6.57. The van der Waals surface area contributed by atoms with E-state index in [1.54, 1.807) is 0 Å². The largest absolute Gasteiger partial charge is 1.00 e. The predicted molar refractivity (Wildman–Crippen MR) is 130 cm³/mol. The Balaban J connectivity index is -0.000000501. The van der Waals surface area contributed by atoms with E-state index in [9.17, 15) is 0 Å². The van der Waals surface area contributed by atoms with Crippen LogP contribution in [0.1, 0.15) is 144 Å². The van der Waals surface area contributed by atoms with Crippen LogP contribution in [0.15, 0.2) is 0 Å². The fourth-order valence-corrected chi connectivity index (χ4v) is 3.49. The molecule has 0 aromatic rings. The van der Waals surface area contributed by atoms with Crippen molar-refractivity contribution in [1.29, 1.82) is 0 Å². The molecule has 0 amide bonds. The summed E-state index contributed by atoms with van der Waals surface area (Å²) in [5, 5.41) is 0. The molecule has 0 aliphatic heterocycles. The molecular weight excluding hydrogens is 438 g/mol. The number of phosphoric acid groups is 1. The summed E-state index contributed by atoms with van der Waals surface area (Å²) in [7, 11) is -4.64. The van der Waals surface area contributed by atoms with Crippen LogP contribution in [0.3, 0.4) is 0 Å². The van der Waals surface area contributed by atoms with E-state index in [0.717, 1.165) is 13.2 Å². The molecule has 0 spiro atoms. The Morgan fingerprint density at radius 1 is 0.516 bits per heavy atom. The Morgan fingerprint density at radius 2 is 0.710 bits per heavy atom. The van der Waals surface area contributed by atoms with E-state index in [4.69, 9.17) is 24.0 Å². The molecule has 0 heterocycles. The van der Waals surface area contributed by atoms with Gasteiger partial charge in [0.25, 0.3) is 0 Å². The molecule has 0 bridgehead atoms. The zero-order chi connectivity index (χ0) is 22.8. The van der Waals surface area contributed by atoms with Gasteiger partial charge in [0.2, 0.25) is 0 Å².